The third-order valence-electron chi connectivity index (χ3n) is 4.13. The first-order valence-electron chi connectivity index (χ1n) is 7.72. The van der Waals surface area contributed by atoms with E-state index in [4.69, 9.17) is 0 Å². The number of hydrogen-bond acceptors (Lipinski definition) is 2. The van der Waals surface area contributed by atoms with E-state index in [9.17, 15) is 4.79 Å². The van der Waals surface area contributed by atoms with Gasteiger partial charge in [-0.15, -0.1) is 0 Å². The lowest BCUT2D eigenvalue weighted by molar-refractivity contribution is -0.129. The van der Waals surface area contributed by atoms with Crippen molar-refractivity contribution in [2.45, 2.75) is 32.6 Å². The minimum atomic E-state index is 0.248. The van der Waals surface area contributed by atoms with E-state index < -0.39 is 0 Å². The van der Waals surface area contributed by atoms with Crippen LogP contribution in [0.4, 0.5) is 0 Å². The number of carbonyl (C=O) groups excluding carboxylic acids is 1. The second kappa shape index (κ2) is 7.44. The standard InChI is InChI=1S/C17H26N2O/c1-14(2)16(15-8-4-3-5-9-15)12-18-13-17(20)19-10-6-7-11-19/h3-5,8-9,14,16,18H,6-7,10-13H2,1-2H3. The van der Waals surface area contributed by atoms with Crippen LogP contribution in [0.25, 0.3) is 0 Å². The smallest absolute Gasteiger partial charge is 0.236 e. The Morgan fingerprint density at radius 1 is 1.20 bits per heavy atom. The molecule has 1 atom stereocenters. The van der Waals surface area contributed by atoms with Crippen molar-refractivity contribution in [1.82, 2.24) is 10.2 Å². The molecule has 1 amide bonds. The first-order chi connectivity index (χ1) is 9.68. The Kier molecular flexibility index (Phi) is 5.60. The molecule has 1 aromatic carbocycles. The van der Waals surface area contributed by atoms with E-state index in [2.05, 4.69) is 43.4 Å². The van der Waals surface area contributed by atoms with E-state index in [0.717, 1.165) is 32.5 Å². The summed E-state index contributed by atoms with van der Waals surface area (Å²) in [4.78, 5) is 14.0. The molecule has 0 aliphatic carbocycles. The first-order valence-corrected chi connectivity index (χ1v) is 7.72. The van der Waals surface area contributed by atoms with Gasteiger partial charge in [0.25, 0.3) is 0 Å². The van der Waals surface area contributed by atoms with Gasteiger partial charge in [-0.25, -0.2) is 0 Å². The van der Waals surface area contributed by atoms with Crippen LogP contribution in [0, 0.1) is 5.92 Å². The normalized spacial score (nSPS) is 16.6. The van der Waals surface area contributed by atoms with E-state index >= 15 is 0 Å². The molecule has 1 heterocycles. The molecular formula is C17H26N2O. The van der Waals surface area contributed by atoms with Crippen molar-refractivity contribution in [2.24, 2.45) is 5.92 Å². The van der Waals surface area contributed by atoms with Gasteiger partial charge in [0.05, 0.1) is 6.54 Å². The van der Waals surface area contributed by atoms with Crippen LogP contribution in [0.15, 0.2) is 30.3 Å². The van der Waals surface area contributed by atoms with Crippen molar-refractivity contribution < 1.29 is 4.79 Å². The van der Waals surface area contributed by atoms with Gasteiger partial charge in [-0.1, -0.05) is 44.2 Å². The molecule has 0 aromatic heterocycles. The summed E-state index contributed by atoms with van der Waals surface area (Å²) in [5, 5.41) is 3.35. The number of nitrogens with zero attached hydrogens (tertiary/aromatic N) is 1. The zero-order valence-corrected chi connectivity index (χ0v) is 12.6. The van der Waals surface area contributed by atoms with Crippen LogP contribution < -0.4 is 5.32 Å². The predicted octanol–water partition coefficient (Wildman–Crippen LogP) is 2.64. The number of rotatable bonds is 6. The summed E-state index contributed by atoms with van der Waals surface area (Å²) in [7, 11) is 0. The summed E-state index contributed by atoms with van der Waals surface area (Å²) in [6, 6.07) is 10.6. The summed E-state index contributed by atoms with van der Waals surface area (Å²) in [5.41, 5.74) is 1.35. The maximum atomic E-state index is 12.0. The van der Waals surface area contributed by atoms with Crippen molar-refractivity contribution in [3.05, 3.63) is 35.9 Å². The number of hydrogen-bond donors (Lipinski definition) is 1. The van der Waals surface area contributed by atoms with Crippen LogP contribution in [0.2, 0.25) is 0 Å². The third-order valence-corrected chi connectivity index (χ3v) is 4.13. The summed E-state index contributed by atoms with van der Waals surface area (Å²) in [6.45, 7) is 7.68. The van der Waals surface area contributed by atoms with E-state index in [1.807, 2.05) is 11.0 Å². The second-order valence-corrected chi connectivity index (χ2v) is 5.98. The van der Waals surface area contributed by atoms with Gasteiger partial charge in [-0.2, -0.15) is 0 Å². The summed E-state index contributed by atoms with van der Waals surface area (Å²) >= 11 is 0. The lowest BCUT2D eigenvalue weighted by atomic mass is 9.88. The average Bonchev–Trinajstić information content (AvgIpc) is 2.98. The van der Waals surface area contributed by atoms with Crippen LogP contribution in [0.5, 0.6) is 0 Å². The van der Waals surface area contributed by atoms with Crippen molar-refractivity contribution in [2.75, 3.05) is 26.2 Å². The molecule has 0 spiro atoms. The minimum absolute atomic E-state index is 0.248. The number of amides is 1. The molecule has 0 saturated carbocycles. The van der Waals surface area contributed by atoms with Gasteiger partial charge in [0.15, 0.2) is 0 Å². The van der Waals surface area contributed by atoms with Crippen molar-refractivity contribution in [3.8, 4) is 0 Å². The molecule has 1 aliphatic heterocycles. The highest BCUT2D eigenvalue weighted by Crippen LogP contribution is 2.23. The molecule has 2 rings (SSSR count). The molecule has 3 heteroatoms. The largest absolute Gasteiger partial charge is 0.342 e. The van der Waals surface area contributed by atoms with Gasteiger partial charge < -0.3 is 10.2 Å². The molecule has 1 saturated heterocycles. The van der Waals surface area contributed by atoms with Gasteiger partial charge in [0.1, 0.15) is 0 Å². The Hall–Kier alpha value is -1.35. The molecule has 20 heavy (non-hydrogen) atoms. The second-order valence-electron chi connectivity index (χ2n) is 5.98. The molecule has 1 N–H and O–H groups in total. The molecular weight excluding hydrogens is 248 g/mol. The Bertz CT molecular complexity index is 410. The van der Waals surface area contributed by atoms with Gasteiger partial charge in [-0.05, 0) is 30.2 Å². The summed E-state index contributed by atoms with van der Waals surface area (Å²) in [5.74, 6) is 1.27. The molecule has 0 radical (unpaired) electrons. The highest BCUT2D eigenvalue weighted by molar-refractivity contribution is 5.78. The lowest BCUT2D eigenvalue weighted by Crippen LogP contribution is -2.38. The lowest BCUT2D eigenvalue weighted by Gasteiger charge is -2.23. The monoisotopic (exact) mass is 274 g/mol. The quantitative estimate of drug-likeness (QED) is 0.865. The van der Waals surface area contributed by atoms with Crippen LogP contribution in [0.1, 0.15) is 38.2 Å². The zero-order chi connectivity index (χ0) is 14.4. The predicted molar refractivity (Wildman–Crippen MR) is 82.7 cm³/mol. The van der Waals surface area contributed by atoms with Crippen molar-refractivity contribution in [3.63, 3.8) is 0 Å². The van der Waals surface area contributed by atoms with Gasteiger partial charge >= 0.3 is 0 Å². The van der Waals surface area contributed by atoms with Gasteiger partial charge in [0, 0.05) is 19.6 Å². The summed E-state index contributed by atoms with van der Waals surface area (Å²) in [6.07, 6.45) is 2.31. The number of benzene rings is 1. The highest BCUT2D eigenvalue weighted by atomic mass is 16.2. The molecule has 1 aromatic rings. The molecule has 1 aliphatic rings. The Morgan fingerprint density at radius 3 is 2.45 bits per heavy atom. The van der Waals surface area contributed by atoms with Crippen molar-refractivity contribution in [1.29, 1.82) is 0 Å². The maximum Gasteiger partial charge on any atom is 0.236 e. The first kappa shape index (κ1) is 15.0. The third kappa shape index (κ3) is 4.07. The fourth-order valence-electron chi connectivity index (χ4n) is 2.85. The number of likely N-dealkylation sites (tertiary alicyclic amines) is 1. The molecule has 1 unspecified atom stereocenters. The Labute approximate surface area is 122 Å². The van der Waals surface area contributed by atoms with Crippen LogP contribution in [-0.4, -0.2) is 37.0 Å². The van der Waals surface area contributed by atoms with Crippen LogP contribution in [-0.2, 0) is 4.79 Å². The summed E-state index contributed by atoms with van der Waals surface area (Å²) < 4.78 is 0. The average molecular weight is 274 g/mol. The van der Waals surface area contributed by atoms with Crippen LogP contribution >= 0.6 is 0 Å². The fourth-order valence-corrected chi connectivity index (χ4v) is 2.85. The Morgan fingerprint density at radius 2 is 1.85 bits per heavy atom. The van der Waals surface area contributed by atoms with E-state index in [1.165, 1.54) is 5.56 Å². The van der Waals surface area contributed by atoms with Crippen LogP contribution in [0.3, 0.4) is 0 Å². The SMILES string of the molecule is CC(C)C(CNCC(=O)N1CCCC1)c1ccccc1. The highest BCUT2D eigenvalue weighted by Gasteiger charge is 2.19. The topological polar surface area (TPSA) is 32.3 Å². The zero-order valence-electron chi connectivity index (χ0n) is 12.6. The molecule has 0 bridgehead atoms. The van der Waals surface area contributed by atoms with E-state index in [-0.39, 0.29) is 5.91 Å². The van der Waals surface area contributed by atoms with Gasteiger partial charge in [0.2, 0.25) is 5.91 Å². The number of carbonyl (C=O) groups is 1. The molecule has 110 valence electrons. The Balaban J connectivity index is 1.82. The maximum absolute atomic E-state index is 12.0. The van der Waals surface area contributed by atoms with E-state index in [1.54, 1.807) is 0 Å². The molecule has 1 fully saturated rings. The fraction of sp³-hybridized carbons (Fsp3) is 0.588. The van der Waals surface area contributed by atoms with E-state index in [0.29, 0.717) is 18.4 Å². The minimum Gasteiger partial charge on any atom is -0.342 e. The van der Waals surface area contributed by atoms with Gasteiger partial charge in [-0.3, -0.25) is 4.79 Å². The molecule has 3 nitrogen and oxygen atoms in total. The van der Waals surface area contributed by atoms with Crippen molar-refractivity contribution >= 4 is 5.91 Å². The number of nitrogens with one attached hydrogen (secondary N) is 1.